The molecule has 0 aromatic carbocycles. The Morgan fingerprint density at radius 3 is 3.20 bits per heavy atom. The molecule has 1 aromatic rings. The van der Waals surface area contributed by atoms with Gasteiger partial charge in [0, 0.05) is 11.6 Å². The maximum atomic E-state index is 4.92. The van der Waals surface area contributed by atoms with Gasteiger partial charge in [0.15, 0.2) is 5.13 Å². The van der Waals surface area contributed by atoms with Crippen molar-refractivity contribution in [3.63, 3.8) is 0 Å². The van der Waals surface area contributed by atoms with E-state index in [1.165, 1.54) is 11.8 Å². The molecule has 0 amide bonds. The van der Waals surface area contributed by atoms with Crippen molar-refractivity contribution in [1.29, 1.82) is 0 Å². The van der Waals surface area contributed by atoms with Gasteiger partial charge in [0.05, 0.1) is 0 Å². The van der Waals surface area contributed by atoms with E-state index in [1.807, 2.05) is 11.6 Å². The predicted molar refractivity (Wildman–Crippen MR) is 51.8 cm³/mol. The summed E-state index contributed by atoms with van der Waals surface area (Å²) in [5.74, 6) is 0. The molecule has 1 rings (SSSR count). The molecule has 0 atom stereocenters. The second-order valence-electron chi connectivity index (χ2n) is 1.45. The molecular weight excluding hydrogens is 184 g/mol. The summed E-state index contributed by atoms with van der Waals surface area (Å²) < 4.78 is 0.759. The Morgan fingerprint density at radius 1 is 1.90 bits per heavy atom. The Hall–Kier alpha value is -0.130. The van der Waals surface area contributed by atoms with Crippen LogP contribution in [0.15, 0.2) is 11.6 Å². The molecule has 1 aromatic heterocycles. The van der Waals surface area contributed by atoms with Crippen LogP contribution in [0.1, 0.15) is 0 Å². The lowest BCUT2D eigenvalue weighted by atomic mass is 11.0. The smallest absolute Gasteiger partial charge is 0.188 e. The fraction of sp³-hybridized carbons (Fsp3) is 0.200. The first kappa shape index (κ1) is 7.97. The number of hydrogen-bond donors (Lipinski definition) is 1. The van der Waals surface area contributed by atoms with Gasteiger partial charge in [-0.05, 0) is 6.26 Å². The van der Waals surface area contributed by atoms with Crippen molar-refractivity contribution in [1.82, 2.24) is 4.98 Å². The topological polar surface area (TPSA) is 24.9 Å². The van der Waals surface area contributed by atoms with Gasteiger partial charge in [-0.1, -0.05) is 12.2 Å². The van der Waals surface area contributed by atoms with Crippen molar-refractivity contribution < 1.29 is 0 Å². The number of anilines is 1. The van der Waals surface area contributed by atoms with E-state index in [2.05, 4.69) is 10.3 Å². The lowest BCUT2D eigenvalue weighted by Gasteiger charge is -1.97. The second-order valence-corrected chi connectivity index (χ2v) is 3.83. The van der Waals surface area contributed by atoms with E-state index in [0.717, 1.165) is 9.45 Å². The molecule has 10 heavy (non-hydrogen) atoms. The number of nitrogens with one attached hydrogen (secondary N) is 1. The Bertz CT molecular complexity index is 207. The van der Waals surface area contributed by atoms with E-state index in [9.17, 15) is 0 Å². The van der Waals surface area contributed by atoms with Crippen molar-refractivity contribution in [3.05, 3.63) is 11.6 Å². The number of thioether (sulfide) groups is 1. The molecule has 0 unspecified atom stereocenters. The maximum Gasteiger partial charge on any atom is 0.188 e. The maximum absolute atomic E-state index is 4.92. The largest absolute Gasteiger partial charge is 0.317 e. The van der Waals surface area contributed by atoms with E-state index < -0.39 is 0 Å². The third kappa shape index (κ3) is 2.24. The molecule has 0 fully saturated rings. The molecule has 0 saturated heterocycles. The van der Waals surface area contributed by atoms with Crippen molar-refractivity contribution in [2.24, 2.45) is 0 Å². The number of rotatable bonds is 1. The number of thiazole rings is 1. The van der Waals surface area contributed by atoms with Crippen LogP contribution in [0.5, 0.6) is 0 Å². The summed E-state index contributed by atoms with van der Waals surface area (Å²) in [6, 6.07) is 0. The summed E-state index contributed by atoms with van der Waals surface area (Å²) in [6.07, 6.45) is 3.68. The molecule has 0 bridgehead atoms. The highest BCUT2D eigenvalue weighted by Crippen LogP contribution is 2.12. The van der Waals surface area contributed by atoms with Gasteiger partial charge in [-0.25, -0.2) is 4.98 Å². The van der Waals surface area contributed by atoms with E-state index in [0.29, 0.717) is 0 Å². The van der Waals surface area contributed by atoms with Crippen molar-refractivity contribution in [2.45, 2.75) is 0 Å². The fourth-order valence-corrected chi connectivity index (χ4v) is 1.38. The zero-order chi connectivity index (χ0) is 7.40. The SMILES string of the molecule is CSC(=S)Nc1nccs1. The van der Waals surface area contributed by atoms with Crippen molar-refractivity contribution in [2.75, 3.05) is 11.6 Å². The van der Waals surface area contributed by atoms with Crippen LogP contribution in [0, 0.1) is 0 Å². The summed E-state index contributed by atoms with van der Waals surface area (Å²) in [4.78, 5) is 4.01. The molecule has 0 aliphatic heterocycles. The van der Waals surface area contributed by atoms with Gasteiger partial charge in [0.1, 0.15) is 4.32 Å². The minimum Gasteiger partial charge on any atom is -0.317 e. The van der Waals surface area contributed by atoms with Crippen molar-refractivity contribution >= 4 is 44.8 Å². The minimum atomic E-state index is 0.759. The Labute approximate surface area is 73.1 Å². The lowest BCUT2D eigenvalue weighted by molar-refractivity contribution is 1.42. The Kier molecular flexibility index (Phi) is 3.11. The average molecular weight is 190 g/mol. The van der Waals surface area contributed by atoms with Crippen LogP contribution in [0.25, 0.3) is 0 Å². The predicted octanol–water partition coefficient (Wildman–Crippen LogP) is 2.20. The molecule has 1 N–H and O–H groups in total. The summed E-state index contributed by atoms with van der Waals surface area (Å²) in [5, 5.41) is 5.74. The van der Waals surface area contributed by atoms with Crippen LogP contribution in [-0.4, -0.2) is 15.6 Å². The van der Waals surface area contributed by atoms with Gasteiger partial charge in [0.2, 0.25) is 0 Å². The first-order valence-electron chi connectivity index (χ1n) is 2.57. The first-order chi connectivity index (χ1) is 4.83. The van der Waals surface area contributed by atoms with Crippen LogP contribution < -0.4 is 5.32 Å². The highest BCUT2D eigenvalue weighted by molar-refractivity contribution is 8.22. The average Bonchev–Trinajstić information content (AvgIpc) is 2.40. The fourth-order valence-electron chi connectivity index (χ4n) is 0.424. The number of thiocarbonyl (C=S) groups is 1. The van der Waals surface area contributed by atoms with E-state index in [4.69, 9.17) is 12.2 Å². The summed E-state index contributed by atoms with van der Waals surface area (Å²) in [7, 11) is 0. The van der Waals surface area contributed by atoms with E-state index in [-0.39, 0.29) is 0 Å². The second kappa shape index (κ2) is 3.90. The van der Waals surface area contributed by atoms with Gasteiger partial charge in [0.25, 0.3) is 0 Å². The highest BCUT2D eigenvalue weighted by Gasteiger charge is 1.95. The molecule has 54 valence electrons. The third-order valence-corrected chi connectivity index (χ3v) is 2.59. The van der Waals surface area contributed by atoms with Crippen LogP contribution in [0.3, 0.4) is 0 Å². The van der Waals surface area contributed by atoms with E-state index >= 15 is 0 Å². The number of aromatic nitrogens is 1. The standard InChI is InChI=1S/C5H6N2S3/c1-9-5(8)7-4-6-2-3-10-4/h2-3H,1H3,(H,6,7,8). The summed E-state index contributed by atoms with van der Waals surface area (Å²) >= 11 is 7.98. The molecular formula is C5H6N2S3. The van der Waals surface area contributed by atoms with Gasteiger partial charge in [-0.2, -0.15) is 0 Å². The number of hydrogen-bond acceptors (Lipinski definition) is 4. The van der Waals surface area contributed by atoms with Gasteiger partial charge in [-0.15, -0.1) is 23.1 Å². The van der Waals surface area contributed by atoms with E-state index in [1.54, 1.807) is 17.5 Å². The Morgan fingerprint density at radius 2 is 2.70 bits per heavy atom. The third-order valence-electron chi connectivity index (χ3n) is 0.827. The molecule has 0 spiro atoms. The van der Waals surface area contributed by atoms with Crippen LogP contribution in [0.4, 0.5) is 5.13 Å². The summed E-state index contributed by atoms with van der Waals surface area (Å²) in [5.41, 5.74) is 0. The van der Waals surface area contributed by atoms with Crippen LogP contribution in [-0.2, 0) is 0 Å². The monoisotopic (exact) mass is 190 g/mol. The quantitative estimate of drug-likeness (QED) is 0.686. The Balaban J connectivity index is 2.48. The highest BCUT2D eigenvalue weighted by atomic mass is 32.2. The van der Waals surface area contributed by atoms with Gasteiger partial charge >= 0.3 is 0 Å². The normalized spacial score (nSPS) is 9.30. The zero-order valence-corrected chi connectivity index (χ0v) is 7.78. The van der Waals surface area contributed by atoms with Crippen molar-refractivity contribution in [3.8, 4) is 0 Å². The molecule has 0 radical (unpaired) electrons. The van der Waals surface area contributed by atoms with Crippen LogP contribution >= 0.6 is 35.3 Å². The lowest BCUT2D eigenvalue weighted by Crippen LogP contribution is -2.02. The molecule has 0 aliphatic rings. The zero-order valence-electron chi connectivity index (χ0n) is 5.33. The first-order valence-corrected chi connectivity index (χ1v) is 5.08. The molecule has 5 heteroatoms. The molecule has 1 heterocycles. The van der Waals surface area contributed by atoms with Gasteiger partial charge < -0.3 is 5.32 Å². The minimum absolute atomic E-state index is 0.759. The summed E-state index contributed by atoms with van der Waals surface area (Å²) in [6.45, 7) is 0. The molecule has 0 saturated carbocycles. The van der Waals surface area contributed by atoms with Gasteiger partial charge in [-0.3, -0.25) is 0 Å². The number of nitrogens with zero attached hydrogens (tertiary/aromatic N) is 1. The molecule has 2 nitrogen and oxygen atoms in total. The molecule has 0 aliphatic carbocycles. The van der Waals surface area contributed by atoms with Crippen LogP contribution in [0.2, 0.25) is 0 Å².